The highest BCUT2D eigenvalue weighted by Gasteiger charge is 2.43. The summed E-state index contributed by atoms with van der Waals surface area (Å²) in [6.07, 6.45) is 2.38. The van der Waals surface area contributed by atoms with E-state index in [4.69, 9.17) is 5.73 Å². The van der Waals surface area contributed by atoms with Gasteiger partial charge in [-0.25, -0.2) is 4.68 Å². The van der Waals surface area contributed by atoms with E-state index in [1.54, 1.807) is 0 Å². The van der Waals surface area contributed by atoms with Crippen molar-refractivity contribution in [2.45, 2.75) is 31.7 Å². The molecule has 0 atom stereocenters. The molecule has 0 aliphatic heterocycles. The first kappa shape index (κ1) is 7.67. The van der Waals surface area contributed by atoms with Crippen LogP contribution < -0.4 is 5.73 Å². The molecular weight excluding hydrogens is 154 g/mol. The number of nitrogens with zero attached hydrogens (tertiary/aromatic N) is 4. The Morgan fingerprint density at radius 1 is 1.58 bits per heavy atom. The first-order valence-corrected chi connectivity index (χ1v) is 4.23. The summed E-state index contributed by atoms with van der Waals surface area (Å²) in [4.78, 5) is 0. The smallest absolute Gasteiger partial charge is 0.157 e. The van der Waals surface area contributed by atoms with Gasteiger partial charge in [0, 0.05) is 12.0 Å². The lowest BCUT2D eigenvalue weighted by atomic mass is 10.1. The fourth-order valence-corrected chi connectivity index (χ4v) is 1.32. The molecule has 2 rings (SSSR count). The molecule has 0 saturated heterocycles. The molecule has 66 valence electrons. The van der Waals surface area contributed by atoms with E-state index in [9.17, 15) is 0 Å². The van der Waals surface area contributed by atoms with Crippen molar-refractivity contribution in [1.29, 1.82) is 0 Å². The Hall–Kier alpha value is -0.970. The van der Waals surface area contributed by atoms with E-state index in [-0.39, 0.29) is 5.41 Å². The van der Waals surface area contributed by atoms with Gasteiger partial charge in [0.1, 0.15) is 0 Å². The maximum atomic E-state index is 5.44. The van der Waals surface area contributed by atoms with E-state index in [0.717, 1.165) is 12.4 Å². The minimum absolute atomic E-state index is 0.235. The fourth-order valence-electron chi connectivity index (χ4n) is 1.32. The van der Waals surface area contributed by atoms with E-state index in [2.05, 4.69) is 22.4 Å². The molecule has 0 aromatic carbocycles. The van der Waals surface area contributed by atoms with Crippen LogP contribution in [0, 0.1) is 0 Å². The topological polar surface area (TPSA) is 69.6 Å². The quantitative estimate of drug-likeness (QED) is 0.670. The molecule has 1 aliphatic carbocycles. The fraction of sp³-hybridized carbons (Fsp3) is 0.857. The van der Waals surface area contributed by atoms with Crippen LogP contribution in [0.1, 0.15) is 25.6 Å². The van der Waals surface area contributed by atoms with Crippen LogP contribution in [0.3, 0.4) is 0 Å². The van der Waals surface area contributed by atoms with Crippen molar-refractivity contribution in [1.82, 2.24) is 20.2 Å². The second-order valence-corrected chi connectivity index (χ2v) is 3.57. The Morgan fingerprint density at radius 3 is 2.92 bits per heavy atom. The van der Waals surface area contributed by atoms with Gasteiger partial charge in [0.05, 0.1) is 6.54 Å². The largest absolute Gasteiger partial charge is 0.329 e. The highest BCUT2D eigenvalue weighted by atomic mass is 15.5. The maximum absolute atomic E-state index is 5.44. The van der Waals surface area contributed by atoms with E-state index < -0.39 is 0 Å². The lowest BCUT2D eigenvalue weighted by Gasteiger charge is -2.06. The van der Waals surface area contributed by atoms with E-state index in [1.165, 1.54) is 12.8 Å². The Labute approximate surface area is 70.9 Å². The SMILES string of the molecule is CC1(c2nnnn2CCN)CC1. The summed E-state index contributed by atoms with van der Waals surface area (Å²) in [7, 11) is 0. The van der Waals surface area contributed by atoms with Gasteiger partial charge in [0.15, 0.2) is 5.82 Å². The number of hydrogen-bond acceptors (Lipinski definition) is 4. The van der Waals surface area contributed by atoms with Gasteiger partial charge in [-0.3, -0.25) is 0 Å². The van der Waals surface area contributed by atoms with Crippen molar-refractivity contribution >= 4 is 0 Å². The zero-order valence-corrected chi connectivity index (χ0v) is 7.19. The standard InChI is InChI=1S/C7H13N5/c1-7(2-3-7)6-9-10-11-12(6)5-4-8/h2-5,8H2,1H3. The molecular formula is C7H13N5. The van der Waals surface area contributed by atoms with Gasteiger partial charge < -0.3 is 5.73 Å². The van der Waals surface area contributed by atoms with Crippen LogP contribution in [0.4, 0.5) is 0 Å². The molecule has 1 aromatic rings. The third-order valence-electron chi connectivity index (χ3n) is 2.41. The van der Waals surface area contributed by atoms with E-state index in [0.29, 0.717) is 6.54 Å². The summed E-state index contributed by atoms with van der Waals surface area (Å²) in [5, 5.41) is 11.6. The number of aromatic nitrogens is 4. The minimum atomic E-state index is 0.235. The van der Waals surface area contributed by atoms with Crippen LogP contribution in [-0.4, -0.2) is 26.8 Å². The molecule has 1 aliphatic rings. The monoisotopic (exact) mass is 167 g/mol. The van der Waals surface area contributed by atoms with E-state index >= 15 is 0 Å². The third-order valence-corrected chi connectivity index (χ3v) is 2.41. The van der Waals surface area contributed by atoms with Crippen LogP contribution >= 0.6 is 0 Å². The zero-order chi connectivity index (χ0) is 8.60. The molecule has 1 saturated carbocycles. The summed E-state index contributed by atoms with van der Waals surface area (Å²) in [5.41, 5.74) is 5.67. The molecule has 12 heavy (non-hydrogen) atoms. The Bertz CT molecular complexity index is 275. The molecule has 0 unspecified atom stereocenters. The van der Waals surface area contributed by atoms with Gasteiger partial charge in [-0.1, -0.05) is 6.92 Å². The molecule has 1 fully saturated rings. The van der Waals surface area contributed by atoms with Crippen molar-refractivity contribution in [3.63, 3.8) is 0 Å². The molecule has 1 heterocycles. The highest BCUT2D eigenvalue weighted by molar-refractivity contribution is 5.13. The molecule has 1 aromatic heterocycles. The lowest BCUT2D eigenvalue weighted by molar-refractivity contribution is 0.540. The van der Waals surface area contributed by atoms with Gasteiger partial charge in [-0.2, -0.15) is 0 Å². The zero-order valence-electron chi connectivity index (χ0n) is 7.19. The molecule has 0 bridgehead atoms. The Morgan fingerprint density at radius 2 is 2.33 bits per heavy atom. The first-order chi connectivity index (χ1) is 5.76. The Kier molecular flexibility index (Phi) is 1.61. The van der Waals surface area contributed by atoms with Crippen molar-refractivity contribution in [2.24, 2.45) is 5.73 Å². The summed E-state index contributed by atoms with van der Waals surface area (Å²) >= 11 is 0. The number of nitrogens with two attached hydrogens (primary N) is 1. The van der Waals surface area contributed by atoms with Gasteiger partial charge >= 0.3 is 0 Å². The van der Waals surface area contributed by atoms with Crippen molar-refractivity contribution in [3.05, 3.63) is 5.82 Å². The predicted molar refractivity (Wildman–Crippen MR) is 43.5 cm³/mol. The van der Waals surface area contributed by atoms with Crippen molar-refractivity contribution in [2.75, 3.05) is 6.54 Å². The van der Waals surface area contributed by atoms with Crippen LogP contribution in [0.5, 0.6) is 0 Å². The molecule has 2 N–H and O–H groups in total. The maximum Gasteiger partial charge on any atom is 0.157 e. The first-order valence-electron chi connectivity index (χ1n) is 4.23. The van der Waals surface area contributed by atoms with Gasteiger partial charge in [0.25, 0.3) is 0 Å². The minimum Gasteiger partial charge on any atom is -0.329 e. The summed E-state index contributed by atoms with van der Waals surface area (Å²) in [6, 6.07) is 0. The number of rotatable bonds is 3. The van der Waals surface area contributed by atoms with Crippen LogP contribution in [0.25, 0.3) is 0 Å². The molecule has 0 spiro atoms. The summed E-state index contributed by atoms with van der Waals surface area (Å²) in [5.74, 6) is 0.993. The van der Waals surface area contributed by atoms with Gasteiger partial charge in [-0.05, 0) is 23.3 Å². The normalized spacial score (nSPS) is 19.5. The van der Waals surface area contributed by atoms with E-state index in [1.807, 2.05) is 4.68 Å². The highest BCUT2D eigenvalue weighted by Crippen LogP contribution is 2.46. The lowest BCUT2D eigenvalue weighted by Crippen LogP contribution is -2.17. The van der Waals surface area contributed by atoms with Gasteiger partial charge in [0.2, 0.25) is 0 Å². The predicted octanol–water partition coefficient (Wildman–Crippen LogP) is -0.317. The molecule has 0 radical (unpaired) electrons. The third kappa shape index (κ3) is 1.10. The number of tetrazole rings is 1. The van der Waals surface area contributed by atoms with Gasteiger partial charge in [-0.15, -0.1) is 5.10 Å². The molecule has 0 amide bonds. The molecule has 5 heteroatoms. The van der Waals surface area contributed by atoms with Crippen LogP contribution in [0.2, 0.25) is 0 Å². The molecule has 5 nitrogen and oxygen atoms in total. The number of hydrogen-bond donors (Lipinski definition) is 1. The second-order valence-electron chi connectivity index (χ2n) is 3.57. The summed E-state index contributed by atoms with van der Waals surface area (Å²) in [6.45, 7) is 3.50. The van der Waals surface area contributed by atoms with Crippen molar-refractivity contribution < 1.29 is 0 Å². The van der Waals surface area contributed by atoms with Crippen molar-refractivity contribution in [3.8, 4) is 0 Å². The average Bonchev–Trinajstić information content (AvgIpc) is 2.64. The summed E-state index contributed by atoms with van der Waals surface area (Å²) < 4.78 is 1.81. The average molecular weight is 167 g/mol. The Balaban J connectivity index is 2.24. The van der Waals surface area contributed by atoms with Crippen LogP contribution in [-0.2, 0) is 12.0 Å². The second kappa shape index (κ2) is 2.52. The van der Waals surface area contributed by atoms with Crippen LogP contribution in [0.15, 0.2) is 0 Å².